The van der Waals surface area contributed by atoms with Crippen LogP contribution in [0, 0.1) is 5.41 Å². The van der Waals surface area contributed by atoms with Crippen LogP contribution in [0.25, 0.3) is 0 Å². The number of halogens is 3. The number of hydrogen-bond acceptors (Lipinski definition) is 8. The standard InChI is InChI=1S/C23H23F3N4O5/c1-20(2)21(9-32-10-21)22(11-34-19(27)30-22)15-7-13(3-6-17(15)35-20)29-18(31)16-5-4-14(8-28-16)33-12-23(24,25)26/h3-8H,9-12H2,1-2H3,(H2,27,30)(H,29,31). The molecule has 0 bridgehead atoms. The van der Waals surface area contributed by atoms with Crippen molar-refractivity contribution in [1.29, 1.82) is 0 Å². The van der Waals surface area contributed by atoms with Crippen LogP contribution in [0.4, 0.5) is 18.9 Å². The molecule has 0 saturated carbocycles. The molecule has 1 amide bonds. The monoisotopic (exact) mass is 492 g/mol. The minimum atomic E-state index is -4.47. The Kier molecular flexibility index (Phi) is 5.13. The van der Waals surface area contributed by atoms with Gasteiger partial charge in [0.25, 0.3) is 11.9 Å². The number of amides is 1. The van der Waals surface area contributed by atoms with E-state index in [0.29, 0.717) is 30.2 Å². The number of ether oxygens (including phenoxy) is 4. The number of nitrogens with two attached hydrogens (primary N) is 1. The summed E-state index contributed by atoms with van der Waals surface area (Å²) in [4.78, 5) is 21.4. The zero-order valence-corrected chi connectivity index (χ0v) is 18.9. The first-order valence-electron chi connectivity index (χ1n) is 10.8. The summed E-state index contributed by atoms with van der Waals surface area (Å²) in [6.45, 7) is 3.53. The van der Waals surface area contributed by atoms with E-state index in [1.165, 1.54) is 12.1 Å². The van der Waals surface area contributed by atoms with Crippen LogP contribution in [0.1, 0.15) is 29.9 Å². The molecule has 186 valence electrons. The highest BCUT2D eigenvalue weighted by Crippen LogP contribution is 2.62. The van der Waals surface area contributed by atoms with Gasteiger partial charge in [-0.25, -0.2) is 9.98 Å². The molecule has 3 N–H and O–H groups in total. The largest absolute Gasteiger partial charge is 0.487 e. The number of carbonyl (C=O) groups is 1. The third-order valence-electron chi connectivity index (χ3n) is 6.79. The summed E-state index contributed by atoms with van der Waals surface area (Å²) in [7, 11) is 0. The van der Waals surface area contributed by atoms with E-state index < -0.39 is 35.2 Å². The molecule has 0 radical (unpaired) electrons. The van der Waals surface area contributed by atoms with Gasteiger partial charge in [0.05, 0.1) is 24.8 Å². The van der Waals surface area contributed by atoms with Crippen molar-refractivity contribution in [2.24, 2.45) is 16.1 Å². The van der Waals surface area contributed by atoms with E-state index in [1.54, 1.807) is 18.2 Å². The molecule has 3 aliphatic rings. The minimum absolute atomic E-state index is 0.00417. The van der Waals surface area contributed by atoms with Gasteiger partial charge in [-0.05, 0) is 44.2 Å². The Balaban J connectivity index is 1.41. The van der Waals surface area contributed by atoms with Crippen molar-refractivity contribution in [3.63, 3.8) is 0 Å². The Morgan fingerprint density at radius 2 is 1.97 bits per heavy atom. The zero-order chi connectivity index (χ0) is 25.1. The molecule has 1 atom stereocenters. The number of aliphatic imine (C=N–C) groups is 1. The second kappa shape index (κ2) is 7.74. The topological polar surface area (TPSA) is 117 Å². The molecule has 2 spiro atoms. The average Bonchev–Trinajstić information content (AvgIpc) is 3.13. The van der Waals surface area contributed by atoms with Crippen LogP contribution in [0.5, 0.6) is 11.5 Å². The molecule has 0 aliphatic carbocycles. The third-order valence-corrected chi connectivity index (χ3v) is 6.79. The van der Waals surface area contributed by atoms with Gasteiger partial charge in [0.1, 0.15) is 34.9 Å². The molecular formula is C23H23F3N4O5. The number of pyridine rings is 1. The van der Waals surface area contributed by atoms with E-state index >= 15 is 0 Å². The molecule has 1 aromatic heterocycles. The van der Waals surface area contributed by atoms with E-state index in [4.69, 9.17) is 24.9 Å². The molecule has 1 fully saturated rings. The van der Waals surface area contributed by atoms with Crippen LogP contribution in [0.3, 0.4) is 0 Å². The first kappa shape index (κ1) is 23.2. The maximum atomic E-state index is 12.8. The van der Waals surface area contributed by atoms with Gasteiger partial charge in [-0.2, -0.15) is 13.2 Å². The predicted octanol–water partition coefficient (Wildman–Crippen LogP) is 3.00. The number of alkyl halides is 3. The summed E-state index contributed by atoms with van der Waals surface area (Å²) in [5.41, 5.74) is 5.09. The highest BCUT2D eigenvalue weighted by molar-refractivity contribution is 6.03. The van der Waals surface area contributed by atoms with Crippen molar-refractivity contribution in [2.45, 2.75) is 31.2 Å². The van der Waals surface area contributed by atoms with Gasteiger partial charge in [-0.1, -0.05) is 0 Å². The fraction of sp³-hybridized carbons (Fsp3) is 0.435. The summed E-state index contributed by atoms with van der Waals surface area (Å²) in [5.74, 6) is -0.0540. The van der Waals surface area contributed by atoms with Crippen LogP contribution >= 0.6 is 0 Å². The predicted molar refractivity (Wildman–Crippen MR) is 117 cm³/mol. The summed E-state index contributed by atoms with van der Waals surface area (Å²) >= 11 is 0. The number of nitrogens with one attached hydrogen (secondary N) is 1. The molecule has 12 heteroatoms. The zero-order valence-electron chi connectivity index (χ0n) is 18.9. The molecule has 1 saturated heterocycles. The van der Waals surface area contributed by atoms with Gasteiger partial charge >= 0.3 is 6.18 Å². The number of aromatic nitrogens is 1. The Morgan fingerprint density at radius 1 is 1.20 bits per heavy atom. The second-order valence-electron chi connectivity index (χ2n) is 9.23. The van der Waals surface area contributed by atoms with Gasteiger partial charge in [0.2, 0.25) is 0 Å². The Hall–Kier alpha value is -3.54. The fourth-order valence-corrected chi connectivity index (χ4v) is 4.82. The maximum absolute atomic E-state index is 12.8. The van der Waals surface area contributed by atoms with Crippen LogP contribution in [0.15, 0.2) is 41.5 Å². The lowest BCUT2D eigenvalue weighted by atomic mass is 9.55. The number of benzene rings is 1. The number of fused-ring (bicyclic) bond motifs is 3. The van der Waals surface area contributed by atoms with Crippen LogP contribution in [-0.4, -0.2) is 55.1 Å². The number of hydrogen-bond donors (Lipinski definition) is 2. The lowest BCUT2D eigenvalue weighted by Gasteiger charge is -2.61. The number of carbonyl (C=O) groups excluding carboxylic acids is 1. The molecule has 35 heavy (non-hydrogen) atoms. The SMILES string of the molecule is CC1(C)Oc2ccc(NC(=O)c3ccc(OCC(F)(F)F)cn3)cc2C2(COC(N)=N2)C12COC2. The quantitative estimate of drug-likeness (QED) is 0.674. The van der Waals surface area contributed by atoms with Crippen LogP contribution in [-0.2, 0) is 15.0 Å². The molecule has 2 aromatic rings. The highest BCUT2D eigenvalue weighted by Gasteiger charge is 2.71. The lowest BCUT2D eigenvalue weighted by molar-refractivity contribution is -0.247. The van der Waals surface area contributed by atoms with E-state index in [0.717, 1.165) is 6.20 Å². The maximum Gasteiger partial charge on any atom is 0.422 e. The van der Waals surface area contributed by atoms with E-state index in [2.05, 4.69) is 15.0 Å². The smallest absolute Gasteiger partial charge is 0.422 e. The summed E-state index contributed by atoms with van der Waals surface area (Å²) in [6.07, 6.45) is -3.41. The summed E-state index contributed by atoms with van der Waals surface area (Å²) < 4.78 is 59.1. The minimum Gasteiger partial charge on any atom is -0.487 e. The van der Waals surface area contributed by atoms with Crippen molar-refractivity contribution in [3.8, 4) is 11.5 Å². The summed E-state index contributed by atoms with van der Waals surface area (Å²) in [6, 6.07) is 7.79. The Labute approximate surface area is 198 Å². The summed E-state index contributed by atoms with van der Waals surface area (Å²) in [5, 5.41) is 2.76. The number of nitrogens with zero attached hydrogens (tertiary/aromatic N) is 2. The number of rotatable bonds is 4. The molecule has 3 aliphatic heterocycles. The molecule has 1 aromatic carbocycles. The fourth-order valence-electron chi connectivity index (χ4n) is 4.82. The van der Waals surface area contributed by atoms with Crippen molar-refractivity contribution in [1.82, 2.24) is 4.98 Å². The van der Waals surface area contributed by atoms with Crippen molar-refractivity contribution >= 4 is 17.6 Å². The first-order chi connectivity index (χ1) is 16.4. The van der Waals surface area contributed by atoms with Gasteiger partial charge in [-0.3, -0.25) is 4.79 Å². The van der Waals surface area contributed by atoms with E-state index in [1.807, 2.05) is 13.8 Å². The van der Waals surface area contributed by atoms with Gasteiger partial charge < -0.3 is 30.0 Å². The van der Waals surface area contributed by atoms with Gasteiger partial charge in [0, 0.05) is 11.3 Å². The molecule has 9 nitrogen and oxygen atoms in total. The van der Waals surface area contributed by atoms with Crippen LogP contribution in [0.2, 0.25) is 0 Å². The highest BCUT2D eigenvalue weighted by atomic mass is 19.4. The van der Waals surface area contributed by atoms with Crippen molar-refractivity contribution in [2.75, 3.05) is 31.7 Å². The number of amidine groups is 1. The third kappa shape index (κ3) is 3.72. The van der Waals surface area contributed by atoms with E-state index in [9.17, 15) is 18.0 Å². The molecule has 1 unspecified atom stereocenters. The van der Waals surface area contributed by atoms with Crippen molar-refractivity contribution in [3.05, 3.63) is 47.8 Å². The first-order valence-corrected chi connectivity index (χ1v) is 10.8. The molecule has 5 rings (SSSR count). The molecular weight excluding hydrogens is 469 g/mol. The number of anilines is 1. The second-order valence-corrected chi connectivity index (χ2v) is 9.23. The lowest BCUT2D eigenvalue weighted by Crippen LogP contribution is -2.71. The van der Waals surface area contributed by atoms with Crippen molar-refractivity contribution < 1.29 is 36.9 Å². The normalized spacial score (nSPS) is 23.5. The average molecular weight is 492 g/mol. The van der Waals surface area contributed by atoms with E-state index in [-0.39, 0.29) is 24.1 Å². The van der Waals surface area contributed by atoms with Crippen LogP contribution < -0.4 is 20.5 Å². The van der Waals surface area contributed by atoms with Gasteiger partial charge in [0.15, 0.2) is 6.61 Å². The van der Waals surface area contributed by atoms with Gasteiger partial charge in [-0.15, -0.1) is 0 Å². The Bertz CT molecular complexity index is 1190. The Morgan fingerprint density at radius 3 is 2.54 bits per heavy atom. The molecule has 4 heterocycles.